The number of nitrogens with two attached hydrogens (primary N) is 1. The summed E-state index contributed by atoms with van der Waals surface area (Å²) in [4.78, 5) is 22.3. The summed E-state index contributed by atoms with van der Waals surface area (Å²) in [6.45, 7) is 4.57. The van der Waals surface area contributed by atoms with Crippen molar-refractivity contribution in [1.29, 1.82) is 0 Å². The molecule has 5 heteroatoms. The number of carbonyl (C=O) groups is 2. The van der Waals surface area contributed by atoms with Crippen LogP contribution in [-0.4, -0.2) is 31.4 Å². The zero-order valence-electron chi connectivity index (χ0n) is 10.5. The summed E-state index contributed by atoms with van der Waals surface area (Å²) in [7, 11) is 0. The van der Waals surface area contributed by atoms with E-state index in [9.17, 15) is 9.59 Å². The van der Waals surface area contributed by atoms with Gasteiger partial charge in [-0.1, -0.05) is 6.92 Å². The van der Waals surface area contributed by atoms with Gasteiger partial charge in [0.05, 0.1) is 5.92 Å². The van der Waals surface area contributed by atoms with E-state index in [1.165, 1.54) is 0 Å². The summed E-state index contributed by atoms with van der Waals surface area (Å²) in [5.74, 6) is 0.508. The first-order chi connectivity index (χ1) is 8.09. The molecule has 0 bridgehead atoms. The van der Waals surface area contributed by atoms with Crippen LogP contribution in [0.15, 0.2) is 0 Å². The van der Waals surface area contributed by atoms with Crippen molar-refractivity contribution in [2.24, 2.45) is 17.6 Å². The largest absolute Gasteiger partial charge is 0.370 e. The molecule has 0 aromatic heterocycles. The maximum atomic E-state index is 11.8. The Balaban J connectivity index is 2.10. The second kappa shape index (κ2) is 7.27. The van der Waals surface area contributed by atoms with E-state index in [0.29, 0.717) is 18.9 Å². The summed E-state index contributed by atoms with van der Waals surface area (Å²) in [6.07, 6.45) is 2.91. The third-order valence-corrected chi connectivity index (χ3v) is 3.09. The monoisotopic (exact) mass is 241 g/mol. The van der Waals surface area contributed by atoms with Gasteiger partial charge in [-0.2, -0.15) is 0 Å². The average molecular weight is 241 g/mol. The minimum atomic E-state index is -0.276. The van der Waals surface area contributed by atoms with E-state index < -0.39 is 0 Å². The van der Waals surface area contributed by atoms with Gasteiger partial charge in [-0.3, -0.25) is 9.59 Å². The molecular formula is C12H23N3O2. The van der Waals surface area contributed by atoms with Gasteiger partial charge in [-0.15, -0.1) is 0 Å². The number of rotatable bonds is 6. The van der Waals surface area contributed by atoms with Crippen molar-refractivity contribution < 1.29 is 9.59 Å². The Labute approximate surface area is 103 Å². The van der Waals surface area contributed by atoms with Crippen LogP contribution in [0, 0.1) is 11.8 Å². The molecule has 0 saturated carbocycles. The number of piperidine rings is 1. The van der Waals surface area contributed by atoms with Crippen molar-refractivity contribution in [1.82, 2.24) is 10.6 Å². The summed E-state index contributed by atoms with van der Waals surface area (Å²) in [6, 6.07) is 0. The minimum absolute atomic E-state index is 0.0925. The van der Waals surface area contributed by atoms with Crippen LogP contribution in [0.5, 0.6) is 0 Å². The van der Waals surface area contributed by atoms with E-state index >= 15 is 0 Å². The lowest BCUT2D eigenvalue weighted by atomic mass is 9.91. The Morgan fingerprint density at radius 1 is 1.35 bits per heavy atom. The van der Waals surface area contributed by atoms with Crippen LogP contribution in [0.25, 0.3) is 0 Å². The van der Waals surface area contributed by atoms with Crippen LogP contribution in [-0.2, 0) is 9.59 Å². The first kappa shape index (κ1) is 14.0. The number of amides is 2. The van der Waals surface area contributed by atoms with Gasteiger partial charge in [0, 0.05) is 19.5 Å². The second-order valence-corrected chi connectivity index (χ2v) is 4.91. The van der Waals surface area contributed by atoms with Gasteiger partial charge in [-0.05, 0) is 31.7 Å². The minimum Gasteiger partial charge on any atom is -0.370 e. The zero-order chi connectivity index (χ0) is 12.7. The van der Waals surface area contributed by atoms with Gasteiger partial charge in [0.15, 0.2) is 0 Å². The number of hydrogen-bond acceptors (Lipinski definition) is 3. The number of hydrogen-bond donors (Lipinski definition) is 3. The highest BCUT2D eigenvalue weighted by molar-refractivity contribution is 5.79. The molecule has 1 saturated heterocycles. The fourth-order valence-electron chi connectivity index (χ4n) is 2.14. The molecule has 0 radical (unpaired) electrons. The molecule has 2 unspecified atom stereocenters. The maximum Gasteiger partial charge on any atom is 0.224 e. The van der Waals surface area contributed by atoms with Gasteiger partial charge in [0.25, 0.3) is 0 Å². The van der Waals surface area contributed by atoms with Crippen LogP contribution in [0.4, 0.5) is 0 Å². The number of unbranched alkanes of at least 4 members (excludes halogenated alkanes) is 1. The van der Waals surface area contributed by atoms with Crippen LogP contribution in [0.1, 0.15) is 32.6 Å². The third kappa shape index (κ3) is 5.68. The quantitative estimate of drug-likeness (QED) is 0.572. The first-order valence-electron chi connectivity index (χ1n) is 6.36. The SMILES string of the molecule is CC1CNCC(C(=O)NCCCCC(N)=O)C1. The standard InChI is InChI=1S/C12H23N3O2/c1-9-6-10(8-14-7-9)12(17)15-5-3-2-4-11(13)16/h9-10,14H,2-8H2,1H3,(H2,13,16)(H,15,17). The second-order valence-electron chi connectivity index (χ2n) is 4.91. The van der Waals surface area contributed by atoms with Crippen molar-refractivity contribution in [3.05, 3.63) is 0 Å². The molecule has 5 nitrogen and oxygen atoms in total. The molecule has 2 amide bonds. The van der Waals surface area contributed by atoms with Crippen molar-refractivity contribution >= 4 is 11.8 Å². The Bertz CT molecular complexity index is 268. The molecule has 98 valence electrons. The highest BCUT2D eigenvalue weighted by Crippen LogP contribution is 2.15. The molecule has 1 aliphatic rings. The summed E-state index contributed by atoms with van der Waals surface area (Å²) in [5.41, 5.74) is 5.03. The molecule has 0 aromatic rings. The number of nitrogens with one attached hydrogen (secondary N) is 2. The molecule has 1 heterocycles. The molecule has 4 N–H and O–H groups in total. The molecule has 1 aliphatic heterocycles. The van der Waals surface area contributed by atoms with Gasteiger partial charge in [-0.25, -0.2) is 0 Å². The van der Waals surface area contributed by atoms with Crippen LogP contribution in [0.3, 0.4) is 0 Å². The topological polar surface area (TPSA) is 84.2 Å². The fourth-order valence-corrected chi connectivity index (χ4v) is 2.14. The van der Waals surface area contributed by atoms with E-state index in [4.69, 9.17) is 5.73 Å². The molecule has 17 heavy (non-hydrogen) atoms. The Kier molecular flexibility index (Phi) is 5.97. The molecule has 1 fully saturated rings. The normalized spacial score (nSPS) is 24.3. The van der Waals surface area contributed by atoms with Gasteiger partial charge >= 0.3 is 0 Å². The molecule has 0 aromatic carbocycles. The average Bonchev–Trinajstić information content (AvgIpc) is 2.28. The lowest BCUT2D eigenvalue weighted by molar-refractivity contribution is -0.125. The smallest absolute Gasteiger partial charge is 0.224 e. The van der Waals surface area contributed by atoms with Crippen LogP contribution < -0.4 is 16.4 Å². The summed E-state index contributed by atoms with van der Waals surface area (Å²) in [5, 5.41) is 6.18. The van der Waals surface area contributed by atoms with Crippen LogP contribution in [0.2, 0.25) is 0 Å². The Morgan fingerprint density at radius 2 is 2.12 bits per heavy atom. The Hall–Kier alpha value is -1.10. The predicted octanol–water partition coefficient (Wildman–Crippen LogP) is 0.00380. The molecule has 0 spiro atoms. The maximum absolute atomic E-state index is 11.8. The van der Waals surface area contributed by atoms with Crippen molar-refractivity contribution in [2.75, 3.05) is 19.6 Å². The van der Waals surface area contributed by atoms with E-state index in [2.05, 4.69) is 17.6 Å². The van der Waals surface area contributed by atoms with Gasteiger partial charge in [0.1, 0.15) is 0 Å². The van der Waals surface area contributed by atoms with E-state index in [-0.39, 0.29) is 17.7 Å². The summed E-state index contributed by atoms with van der Waals surface area (Å²) < 4.78 is 0. The molecule has 0 aliphatic carbocycles. The van der Waals surface area contributed by atoms with Gasteiger partial charge < -0.3 is 16.4 Å². The molecular weight excluding hydrogens is 218 g/mol. The first-order valence-corrected chi connectivity index (χ1v) is 6.36. The van der Waals surface area contributed by atoms with E-state index in [1.807, 2.05) is 0 Å². The van der Waals surface area contributed by atoms with Crippen molar-refractivity contribution in [3.8, 4) is 0 Å². The molecule has 2 atom stereocenters. The number of primary amides is 1. The predicted molar refractivity (Wildman–Crippen MR) is 66.2 cm³/mol. The van der Waals surface area contributed by atoms with Crippen molar-refractivity contribution in [3.63, 3.8) is 0 Å². The fraction of sp³-hybridized carbons (Fsp3) is 0.833. The third-order valence-electron chi connectivity index (χ3n) is 3.09. The van der Waals surface area contributed by atoms with E-state index in [0.717, 1.165) is 32.4 Å². The number of carbonyl (C=O) groups excluding carboxylic acids is 2. The highest BCUT2D eigenvalue weighted by Gasteiger charge is 2.24. The highest BCUT2D eigenvalue weighted by atomic mass is 16.2. The van der Waals surface area contributed by atoms with Crippen molar-refractivity contribution in [2.45, 2.75) is 32.6 Å². The van der Waals surface area contributed by atoms with Gasteiger partial charge in [0.2, 0.25) is 11.8 Å². The summed E-state index contributed by atoms with van der Waals surface area (Å²) >= 11 is 0. The van der Waals surface area contributed by atoms with E-state index in [1.54, 1.807) is 0 Å². The lowest BCUT2D eigenvalue weighted by Gasteiger charge is -2.26. The van der Waals surface area contributed by atoms with Crippen LogP contribution >= 0.6 is 0 Å². The lowest BCUT2D eigenvalue weighted by Crippen LogP contribution is -2.43. The Morgan fingerprint density at radius 3 is 2.76 bits per heavy atom. The zero-order valence-corrected chi connectivity index (χ0v) is 10.5. The molecule has 1 rings (SSSR count).